The smallest absolute Gasteiger partial charge is 0.407 e. The van der Waals surface area contributed by atoms with E-state index in [-0.39, 0.29) is 24.4 Å². The van der Waals surface area contributed by atoms with E-state index in [1.807, 2.05) is 44.2 Å². The van der Waals surface area contributed by atoms with Gasteiger partial charge in [-0.3, -0.25) is 5.10 Å². The molecule has 1 aromatic carbocycles. The highest BCUT2D eigenvalue weighted by Crippen LogP contribution is 2.37. The molecule has 1 heterocycles. The number of amides is 1. The molecular weight excluding hydrogens is 332 g/mol. The minimum atomic E-state index is -0.470. The van der Waals surface area contributed by atoms with E-state index in [2.05, 4.69) is 20.5 Å². The number of hydrogen-bond acceptors (Lipinski definition) is 5. The molecule has 3 rings (SSSR count). The monoisotopic (exact) mass is 358 g/mol. The fourth-order valence-corrected chi connectivity index (χ4v) is 3.26. The predicted molar refractivity (Wildman–Crippen MR) is 96.6 cm³/mol. The molecule has 140 valence electrons. The Labute approximate surface area is 153 Å². The topological polar surface area (TPSA) is 100 Å². The van der Waals surface area contributed by atoms with Crippen molar-refractivity contribution in [2.24, 2.45) is 5.92 Å². The van der Waals surface area contributed by atoms with E-state index in [1.165, 1.54) is 0 Å². The van der Waals surface area contributed by atoms with Crippen molar-refractivity contribution in [2.75, 3.05) is 6.54 Å². The molecule has 1 aromatic heterocycles. The highest BCUT2D eigenvalue weighted by atomic mass is 16.5. The molecule has 0 radical (unpaired) electrons. The lowest BCUT2D eigenvalue weighted by molar-refractivity contribution is 0.118. The second-order valence-corrected chi connectivity index (χ2v) is 7.17. The Morgan fingerprint density at radius 1 is 1.35 bits per heavy atom. The van der Waals surface area contributed by atoms with Gasteiger partial charge in [0.25, 0.3) is 0 Å². The van der Waals surface area contributed by atoms with Crippen LogP contribution < -0.4 is 5.32 Å². The summed E-state index contributed by atoms with van der Waals surface area (Å²) in [6.45, 7) is 4.71. The van der Waals surface area contributed by atoms with E-state index < -0.39 is 12.2 Å². The third-order valence-corrected chi connectivity index (χ3v) is 4.80. The Morgan fingerprint density at radius 3 is 2.81 bits per heavy atom. The minimum Gasteiger partial charge on any atom is -0.445 e. The molecule has 7 nitrogen and oxygen atoms in total. The number of ether oxygens (including phenoxy) is 1. The van der Waals surface area contributed by atoms with Crippen LogP contribution in [0, 0.1) is 5.92 Å². The van der Waals surface area contributed by atoms with Gasteiger partial charge in [-0.15, -0.1) is 0 Å². The molecule has 26 heavy (non-hydrogen) atoms. The summed E-state index contributed by atoms with van der Waals surface area (Å²) in [5, 5.41) is 20.3. The number of rotatable bonds is 6. The van der Waals surface area contributed by atoms with Crippen LogP contribution in [0.3, 0.4) is 0 Å². The number of aliphatic hydroxyl groups is 1. The van der Waals surface area contributed by atoms with E-state index in [9.17, 15) is 9.90 Å². The number of H-pyrrole nitrogens is 1. The number of carbonyl (C=O) groups is 1. The quantitative estimate of drug-likeness (QED) is 0.737. The number of aromatic amines is 1. The van der Waals surface area contributed by atoms with Gasteiger partial charge in [0.2, 0.25) is 0 Å². The molecule has 0 saturated heterocycles. The van der Waals surface area contributed by atoms with E-state index >= 15 is 0 Å². The van der Waals surface area contributed by atoms with Crippen LogP contribution in [0.2, 0.25) is 0 Å². The second-order valence-electron chi connectivity index (χ2n) is 7.17. The molecule has 2 aromatic rings. The molecule has 1 aliphatic rings. The van der Waals surface area contributed by atoms with Crippen LogP contribution in [0.1, 0.15) is 55.7 Å². The number of benzene rings is 1. The fourth-order valence-electron chi connectivity index (χ4n) is 3.26. The third kappa shape index (κ3) is 4.60. The predicted octanol–water partition coefficient (Wildman–Crippen LogP) is 2.71. The maximum Gasteiger partial charge on any atom is 0.407 e. The molecule has 0 bridgehead atoms. The molecule has 0 aliphatic heterocycles. The summed E-state index contributed by atoms with van der Waals surface area (Å²) in [6, 6.07) is 9.53. The van der Waals surface area contributed by atoms with Gasteiger partial charge in [-0.05, 0) is 18.4 Å². The Kier molecular flexibility index (Phi) is 5.88. The zero-order chi connectivity index (χ0) is 18.5. The van der Waals surface area contributed by atoms with E-state index in [1.54, 1.807) is 0 Å². The second kappa shape index (κ2) is 8.31. The summed E-state index contributed by atoms with van der Waals surface area (Å²) in [5.41, 5.74) is 0.940. The van der Waals surface area contributed by atoms with Crippen LogP contribution in [0.25, 0.3) is 0 Å². The number of nitrogens with zero attached hydrogens (tertiary/aromatic N) is 2. The number of hydrogen-bond donors (Lipinski definition) is 3. The van der Waals surface area contributed by atoms with Crippen molar-refractivity contribution in [3.63, 3.8) is 0 Å². The average Bonchev–Trinajstić information content (AvgIpc) is 3.26. The van der Waals surface area contributed by atoms with Crippen LogP contribution in [0.5, 0.6) is 0 Å². The van der Waals surface area contributed by atoms with Gasteiger partial charge in [0.15, 0.2) is 5.82 Å². The number of aliphatic hydroxyl groups excluding tert-OH is 1. The van der Waals surface area contributed by atoms with Crippen LogP contribution in [-0.4, -0.2) is 39.0 Å². The first-order valence-corrected chi connectivity index (χ1v) is 9.07. The molecule has 3 atom stereocenters. The van der Waals surface area contributed by atoms with Crippen molar-refractivity contribution in [2.45, 2.75) is 51.2 Å². The maximum atomic E-state index is 11.9. The Balaban J connectivity index is 1.45. The zero-order valence-corrected chi connectivity index (χ0v) is 15.2. The minimum absolute atomic E-state index is 0.0168. The van der Waals surface area contributed by atoms with Crippen LogP contribution >= 0.6 is 0 Å². The highest BCUT2D eigenvalue weighted by Gasteiger charge is 2.35. The Hall–Kier alpha value is -2.41. The normalized spacial score (nSPS) is 22.5. The summed E-state index contributed by atoms with van der Waals surface area (Å²) in [7, 11) is 0. The summed E-state index contributed by atoms with van der Waals surface area (Å²) in [4.78, 5) is 16.4. The number of nitrogens with one attached hydrogen (secondary N) is 2. The Bertz CT molecular complexity index is 717. The standard InChI is InChI=1S/C19H26N4O3/c1-12(2)17-21-18(23-22-17)14-8-15(16(24)9-14)10-20-19(25)26-11-13-6-4-3-5-7-13/h3-7,12,14-16,24H,8-11H2,1-2H3,(H,20,25)(H,21,22,23)/t14-,15+,16+/m0/s1. The maximum absolute atomic E-state index is 11.9. The molecule has 0 spiro atoms. The van der Waals surface area contributed by atoms with Crippen LogP contribution in [0.15, 0.2) is 30.3 Å². The van der Waals surface area contributed by atoms with Gasteiger partial charge < -0.3 is 15.2 Å². The number of carbonyl (C=O) groups excluding carboxylic acids is 1. The lowest BCUT2D eigenvalue weighted by Crippen LogP contribution is -2.32. The summed E-state index contributed by atoms with van der Waals surface area (Å²) in [6.07, 6.45) is 0.443. The number of aromatic nitrogens is 3. The van der Waals surface area contributed by atoms with Gasteiger partial charge in [0.1, 0.15) is 12.4 Å². The van der Waals surface area contributed by atoms with Gasteiger partial charge >= 0.3 is 6.09 Å². The van der Waals surface area contributed by atoms with Crippen molar-refractivity contribution >= 4 is 6.09 Å². The van der Waals surface area contributed by atoms with Gasteiger partial charge in [-0.1, -0.05) is 44.2 Å². The van der Waals surface area contributed by atoms with Gasteiger partial charge in [-0.2, -0.15) is 5.10 Å². The SMILES string of the molecule is CC(C)c1n[nH]c([C@H]2C[C@H](CNC(=O)OCc3ccccc3)[C@H](O)C2)n1. The first-order chi connectivity index (χ1) is 12.5. The first-order valence-electron chi connectivity index (χ1n) is 9.07. The zero-order valence-electron chi connectivity index (χ0n) is 15.2. The number of alkyl carbamates (subject to hydrolysis) is 1. The first kappa shape index (κ1) is 18.4. The van der Waals surface area contributed by atoms with Crippen molar-refractivity contribution in [1.82, 2.24) is 20.5 Å². The molecule has 1 fully saturated rings. The van der Waals surface area contributed by atoms with Crippen molar-refractivity contribution < 1.29 is 14.6 Å². The summed E-state index contributed by atoms with van der Waals surface area (Å²) >= 11 is 0. The van der Waals surface area contributed by atoms with Crippen molar-refractivity contribution in [1.29, 1.82) is 0 Å². The lowest BCUT2D eigenvalue weighted by atomic mass is 10.0. The van der Waals surface area contributed by atoms with Crippen molar-refractivity contribution in [3.8, 4) is 0 Å². The van der Waals surface area contributed by atoms with E-state index in [4.69, 9.17) is 4.74 Å². The lowest BCUT2D eigenvalue weighted by Gasteiger charge is -2.15. The van der Waals surface area contributed by atoms with Crippen LogP contribution in [0.4, 0.5) is 4.79 Å². The van der Waals surface area contributed by atoms with E-state index in [0.29, 0.717) is 13.0 Å². The average molecular weight is 358 g/mol. The van der Waals surface area contributed by atoms with Gasteiger partial charge in [0, 0.05) is 24.3 Å². The molecular formula is C19H26N4O3. The molecule has 3 N–H and O–H groups in total. The molecule has 1 saturated carbocycles. The van der Waals surface area contributed by atoms with Gasteiger partial charge in [-0.25, -0.2) is 9.78 Å². The highest BCUT2D eigenvalue weighted by molar-refractivity contribution is 5.67. The van der Waals surface area contributed by atoms with Gasteiger partial charge in [0.05, 0.1) is 6.10 Å². The summed E-state index contributed by atoms with van der Waals surface area (Å²) < 4.78 is 5.20. The Morgan fingerprint density at radius 2 is 2.12 bits per heavy atom. The van der Waals surface area contributed by atoms with E-state index in [0.717, 1.165) is 23.6 Å². The molecule has 1 aliphatic carbocycles. The largest absolute Gasteiger partial charge is 0.445 e. The van der Waals surface area contributed by atoms with Crippen LogP contribution in [-0.2, 0) is 11.3 Å². The fraction of sp³-hybridized carbons (Fsp3) is 0.526. The summed E-state index contributed by atoms with van der Waals surface area (Å²) in [5.74, 6) is 2.00. The van der Waals surface area contributed by atoms with Crippen molar-refractivity contribution in [3.05, 3.63) is 47.5 Å². The molecule has 0 unspecified atom stereocenters. The molecule has 7 heteroatoms. The third-order valence-electron chi connectivity index (χ3n) is 4.80. The molecule has 1 amide bonds.